The normalized spacial score (nSPS) is 18.9. The Hall–Kier alpha value is -1.84. The van der Waals surface area contributed by atoms with Crippen LogP contribution in [0.4, 0.5) is 5.69 Å². The van der Waals surface area contributed by atoms with Crippen LogP contribution in [-0.4, -0.2) is 29.9 Å². The number of nitrogens with zero attached hydrogens (tertiary/aromatic N) is 1. The maximum atomic E-state index is 11.3. The van der Waals surface area contributed by atoms with Crippen LogP contribution >= 0.6 is 0 Å². The maximum Gasteiger partial charge on any atom is 0.326 e. The van der Waals surface area contributed by atoms with Gasteiger partial charge in [-0.05, 0) is 36.5 Å². The molecule has 0 bridgehead atoms. The molecule has 1 aliphatic rings. The van der Waals surface area contributed by atoms with E-state index in [0.717, 1.165) is 24.0 Å². The molecule has 102 valence electrons. The van der Waals surface area contributed by atoms with Gasteiger partial charge in [0.2, 0.25) is 0 Å². The molecule has 4 nitrogen and oxygen atoms in total. The summed E-state index contributed by atoms with van der Waals surface area (Å²) in [6, 6.07) is 5.21. The lowest BCUT2D eigenvalue weighted by atomic mass is 9.99. The Balaban J connectivity index is 2.39. The SMILES string of the molecule is CC(C)c1ccc(N2CCC[C@H]2C(=O)O)c(C=O)c1. The van der Waals surface area contributed by atoms with E-state index in [4.69, 9.17) is 0 Å². The lowest BCUT2D eigenvalue weighted by Crippen LogP contribution is -2.36. The minimum Gasteiger partial charge on any atom is -0.480 e. The first-order chi connectivity index (χ1) is 9.04. The second-order valence-electron chi connectivity index (χ2n) is 5.28. The van der Waals surface area contributed by atoms with Gasteiger partial charge in [0.15, 0.2) is 6.29 Å². The van der Waals surface area contributed by atoms with Crippen LogP contribution in [-0.2, 0) is 4.79 Å². The number of carbonyl (C=O) groups excluding carboxylic acids is 1. The monoisotopic (exact) mass is 261 g/mol. The van der Waals surface area contributed by atoms with Crippen molar-refractivity contribution in [3.63, 3.8) is 0 Å². The Bertz CT molecular complexity index is 496. The molecule has 4 heteroatoms. The fourth-order valence-electron chi connectivity index (χ4n) is 2.60. The Morgan fingerprint density at radius 1 is 1.47 bits per heavy atom. The van der Waals surface area contributed by atoms with Crippen LogP contribution in [0.25, 0.3) is 0 Å². The number of aldehydes is 1. The molecule has 0 aliphatic carbocycles. The molecule has 1 aliphatic heterocycles. The van der Waals surface area contributed by atoms with E-state index in [1.807, 2.05) is 23.1 Å². The Kier molecular flexibility index (Phi) is 3.88. The third-order valence-corrected chi connectivity index (χ3v) is 3.69. The van der Waals surface area contributed by atoms with Gasteiger partial charge in [-0.15, -0.1) is 0 Å². The zero-order valence-corrected chi connectivity index (χ0v) is 11.3. The van der Waals surface area contributed by atoms with E-state index in [1.165, 1.54) is 0 Å². The van der Waals surface area contributed by atoms with Crippen molar-refractivity contribution in [3.8, 4) is 0 Å². The van der Waals surface area contributed by atoms with Crippen molar-refractivity contribution in [3.05, 3.63) is 29.3 Å². The molecule has 1 N–H and O–H groups in total. The molecule has 1 atom stereocenters. The first kappa shape index (κ1) is 13.6. The molecule has 1 aromatic rings. The highest BCUT2D eigenvalue weighted by atomic mass is 16.4. The minimum atomic E-state index is -0.817. The van der Waals surface area contributed by atoms with E-state index in [9.17, 15) is 14.7 Å². The largest absolute Gasteiger partial charge is 0.480 e. The summed E-state index contributed by atoms with van der Waals surface area (Å²) in [6.07, 6.45) is 2.30. The fraction of sp³-hybridized carbons (Fsp3) is 0.467. The smallest absolute Gasteiger partial charge is 0.326 e. The molecule has 0 spiro atoms. The second kappa shape index (κ2) is 5.43. The van der Waals surface area contributed by atoms with Crippen molar-refractivity contribution in [1.82, 2.24) is 0 Å². The molecule has 1 heterocycles. The van der Waals surface area contributed by atoms with Crippen LogP contribution in [0.15, 0.2) is 18.2 Å². The van der Waals surface area contributed by atoms with Gasteiger partial charge in [0.1, 0.15) is 6.04 Å². The number of carbonyl (C=O) groups is 2. The van der Waals surface area contributed by atoms with E-state index >= 15 is 0 Å². The van der Waals surface area contributed by atoms with Gasteiger partial charge in [0.25, 0.3) is 0 Å². The molecule has 0 unspecified atom stereocenters. The molecular formula is C15H19NO3. The van der Waals surface area contributed by atoms with Crippen molar-refractivity contribution in [2.45, 2.75) is 38.6 Å². The standard InChI is InChI=1S/C15H19NO3/c1-10(2)11-5-6-13(12(8-11)9-17)16-7-3-4-14(16)15(18)19/h5-6,8-10,14H,3-4,7H2,1-2H3,(H,18,19)/t14-/m0/s1. The number of hydrogen-bond acceptors (Lipinski definition) is 3. The zero-order chi connectivity index (χ0) is 14.0. The zero-order valence-electron chi connectivity index (χ0n) is 11.3. The first-order valence-corrected chi connectivity index (χ1v) is 6.63. The number of rotatable bonds is 4. The Labute approximate surface area is 113 Å². The van der Waals surface area contributed by atoms with Crippen LogP contribution in [0.2, 0.25) is 0 Å². The van der Waals surface area contributed by atoms with Crippen LogP contribution in [0.3, 0.4) is 0 Å². The van der Waals surface area contributed by atoms with Gasteiger partial charge in [-0.1, -0.05) is 19.9 Å². The van der Waals surface area contributed by atoms with Crippen LogP contribution in [0.5, 0.6) is 0 Å². The summed E-state index contributed by atoms with van der Waals surface area (Å²) in [5.41, 5.74) is 2.42. The van der Waals surface area contributed by atoms with Crippen molar-refractivity contribution in [2.24, 2.45) is 0 Å². The highest BCUT2D eigenvalue weighted by Gasteiger charge is 2.31. The number of benzene rings is 1. The van der Waals surface area contributed by atoms with E-state index in [2.05, 4.69) is 13.8 Å². The molecule has 1 saturated heterocycles. The average molecular weight is 261 g/mol. The molecule has 0 amide bonds. The number of anilines is 1. The van der Waals surface area contributed by atoms with Gasteiger partial charge in [-0.3, -0.25) is 4.79 Å². The molecule has 0 saturated carbocycles. The molecule has 1 fully saturated rings. The summed E-state index contributed by atoms with van der Waals surface area (Å²) >= 11 is 0. The number of carboxylic acids is 1. The van der Waals surface area contributed by atoms with Gasteiger partial charge < -0.3 is 10.0 Å². The summed E-state index contributed by atoms with van der Waals surface area (Å²) in [7, 11) is 0. The lowest BCUT2D eigenvalue weighted by Gasteiger charge is -2.25. The van der Waals surface area contributed by atoms with Gasteiger partial charge in [-0.2, -0.15) is 0 Å². The predicted octanol–water partition coefficient (Wildman–Crippen LogP) is 2.68. The second-order valence-corrected chi connectivity index (χ2v) is 5.28. The quantitative estimate of drug-likeness (QED) is 0.847. The molecule has 1 aromatic carbocycles. The molecule has 0 radical (unpaired) electrons. The summed E-state index contributed by atoms with van der Waals surface area (Å²) in [4.78, 5) is 24.3. The number of hydrogen-bond donors (Lipinski definition) is 1. The van der Waals surface area contributed by atoms with Crippen LogP contribution in [0.1, 0.15) is 48.5 Å². The van der Waals surface area contributed by atoms with Crippen LogP contribution < -0.4 is 4.90 Å². The molecular weight excluding hydrogens is 242 g/mol. The van der Waals surface area contributed by atoms with Crippen molar-refractivity contribution >= 4 is 17.9 Å². The van der Waals surface area contributed by atoms with E-state index in [-0.39, 0.29) is 0 Å². The topological polar surface area (TPSA) is 57.6 Å². The van der Waals surface area contributed by atoms with E-state index < -0.39 is 12.0 Å². The first-order valence-electron chi connectivity index (χ1n) is 6.63. The Morgan fingerprint density at radius 2 is 2.21 bits per heavy atom. The average Bonchev–Trinajstić information content (AvgIpc) is 2.87. The van der Waals surface area contributed by atoms with E-state index in [1.54, 1.807) is 0 Å². The van der Waals surface area contributed by atoms with Crippen LogP contribution in [0, 0.1) is 0 Å². The van der Waals surface area contributed by atoms with Crippen molar-refractivity contribution in [2.75, 3.05) is 11.4 Å². The highest BCUT2D eigenvalue weighted by Crippen LogP contribution is 2.30. The number of carboxylic acid groups (broad SMARTS) is 1. The maximum absolute atomic E-state index is 11.3. The van der Waals surface area contributed by atoms with Gasteiger partial charge in [0.05, 0.1) is 0 Å². The van der Waals surface area contributed by atoms with Gasteiger partial charge >= 0.3 is 5.97 Å². The van der Waals surface area contributed by atoms with E-state index in [0.29, 0.717) is 24.4 Å². The Morgan fingerprint density at radius 3 is 2.79 bits per heavy atom. The fourth-order valence-corrected chi connectivity index (χ4v) is 2.60. The summed E-state index contributed by atoms with van der Waals surface area (Å²) in [5.74, 6) is -0.469. The summed E-state index contributed by atoms with van der Waals surface area (Å²) < 4.78 is 0. The minimum absolute atomic E-state index is 0.349. The molecule has 0 aromatic heterocycles. The van der Waals surface area contributed by atoms with Gasteiger partial charge in [0, 0.05) is 17.8 Å². The van der Waals surface area contributed by atoms with Gasteiger partial charge in [-0.25, -0.2) is 4.79 Å². The third kappa shape index (κ3) is 2.62. The highest BCUT2D eigenvalue weighted by molar-refractivity contribution is 5.88. The lowest BCUT2D eigenvalue weighted by molar-refractivity contribution is -0.138. The molecule has 19 heavy (non-hydrogen) atoms. The third-order valence-electron chi connectivity index (χ3n) is 3.69. The molecule has 2 rings (SSSR count). The van der Waals surface area contributed by atoms with Crippen molar-refractivity contribution < 1.29 is 14.7 Å². The summed E-state index contributed by atoms with van der Waals surface area (Å²) in [6.45, 7) is 4.83. The number of aliphatic carboxylic acids is 1. The summed E-state index contributed by atoms with van der Waals surface area (Å²) in [5, 5.41) is 9.22. The van der Waals surface area contributed by atoms with Crippen molar-refractivity contribution in [1.29, 1.82) is 0 Å². The predicted molar refractivity (Wildman–Crippen MR) is 73.9 cm³/mol.